The first-order chi connectivity index (χ1) is 14.5. The molecular weight excluding hydrogens is 376 g/mol. The van der Waals surface area contributed by atoms with Crippen LogP contribution in [0.25, 0.3) is 10.9 Å². The summed E-state index contributed by atoms with van der Waals surface area (Å²) in [4.78, 5) is 31.9. The number of fused-ring (bicyclic) bond motifs is 1. The number of aromatic amines is 1. The average molecular weight is 405 g/mol. The molecule has 0 radical (unpaired) electrons. The standard InChI is InChI=1S/C24H28N4O2/c1-27(2)13-12-19-15-25-21-10-8-17(14-20(19)21)9-11-22-23(29)28(24(30)26-22)16-18-6-4-3-5-7-18/h3-8,10,14-15,22,25H,9,11-13,16H2,1-2H3,(H,26,30). The summed E-state index contributed by atoms with van der Waals surface area (Å²) in [6, 6.07) is 15.2. The van der Waals surface area contributed by atoms with E-state index in [1.54, 1.807) is 0 Å². The van der Waals surface area contributed by atoms with Crippen LogP contribution in [0.4, 0.5) is 4.79 Å². The number of hydrogen-bond acceptors (Lipinski definition) is 3. The van der Waals surface area contributed by atoms with Gasteiger partial charge in [0, 0.05) is 23.6 Å². The van der Waals surface area contributed by atoms with Gasteiger partial charge in [-0.3, -0.25) is 9.69 Å². The Labute approximate surface area is 176 Å². The van der Waals surface area contributed by atoms with Gasteiger partial charge in [0.1, 0.15) is 6.04 Å². The molecule has 0 aliphatic carbocycles. The summed E-state index contributed by atoms with van der Waals surface area (Å²) < 4.78 is 0. The third kappa shape index (κ3) is 4.39. The molecule has 1 aromatic heterocycles. The minimum Gasteiger partial charge on any atom is -0.361 e. The van der Waals surface area contributed by atoms with Crippen molar-refractivity contribution in [2.45, 2.75) is 31.8 Å². The second-order valence-electron chi connectivity index (χ2n) is 8.20. The first kappa shape index (κ1) is 20.2. The minimum atomic E-state index is -0.462. The molecule has 2 N–H and O–H groups in total. The number of aryl methyl sites for hydroxylation is 1. The van der Waals surface area contributed by atoms with Crippen LogP contribution in [0.5, 0.6) is 0 Å². The molecule has 2 heterocycles. The molecular formula is C24H28N4O2. The van der Waals surface area contributed by atoms with Crippen molar-refractivity contribution in [3.63, 3.8) is 0 Å². The molecule has 0 saturated carbocycles. The number of benzene rings is 2. The van der Waals surface area contributed by atoms with Crippen molar-refractivity contribution >= 4 is 22.8 Å². The Balaban J connectivity index is 1.40. The summed E-state index contributed by atoms with van der Waals surface area (Å²) in [5, 5.41) is 4.08. The zero-order valence-corrected chi connectivity index (χ0v) is 17.5. The topological polar surface area (TPSA) is 68.4 Å². The number of aromatic nitrogens is 1. The Hall–Kier alpha value is -3.12. The number of rotatable bonds is 8. The lowest BCUT2D eigenvalue weighted by Crippen LogP contribution is -2.31. The molecule has 1 unspecified atom stereocenters. The van der Waals surface area contributed by atoms with E-state index in [1.165, 1.54) is 21.4 Å². The number of carbonyl (C=O) groups excluding carboxylic acids is 2. The summed E-state index contributed by atoms with van der Waals surface area (Å²) in [6.45, 7) is 1.31. The monoisotopic (exact) mass is 404 g/mol. The Morgan fingerprint density at radius 3 is 2.57 bits per heavy atom. The average Bonchev–Trinajstić information content (AvgIpc) is 3.26. The minimum absolute atomic E-state index is 0.141. The maximum absolute atomic E-state index is 12.7. The van der Waals surface area contributed by atoms with E-state index >= 15 is 0 Å². The normalized spacial score (nSPS) is 16.6. The molecule has 156 valence electrons. The fourth-order valence-corrected chi connectivity index (χ4v) is 3.93. The number of imide groups is 1. The summed E-state index contributed by atoms with van der Waals surface area (Å²) in [5.74, 6) is -0.141. The van der Waals surface area contributed by atoms with Crippen LogP contribution in [0.3, 0.4) is 0 Å². The van der Waals surface area contributed by atoms with Gasteiger partial charge in [0.2, 0.25) is 0 Å². The molecule has 0 spiro atoms. The van der Waals surface area contributed by atoms with Gasteiger partial charge in [-0.25, -0.2) is 4.79 Å². The number of urea groups is 1. The molecule has 1 aliphatic rings. The first-order valence-corrected chi connectivity index (χ1v) is 10.4. The lowest BCUT2D eigenvalue weighted by Gasteiger charge is -2.13. The Morgan fingerprint density at radius 2 is 1.80 bits per heavy atom. The predicted molar refractivity (Wildman–Crippen MR) is 118 cm³/mol. The molecule has 4 rings (SSSR count). The largest absolute Gasteiger partial charge is 0.361 e. The van der Waals surface area contributed by atoms with Gasteiger partial charge in [-0.1, -0.05) is 36.4 Å². The highest BCUT2D eigenvalue weighted by atomic mass is 16.2. The van der Waals surface area contributed by atoms with Crippen molar-refractivity contribution in [2.24, 2.45) is 0 Å². The van der Waals surface area contributed by atoms with E-state index in [2.05, 4.69) is 53.7 Å². The van der Waals surface area contributed by atoms with Gasteiger partial charge in [-0.15, -0.1) is 0 Å². The van der Waals surface area contributed by atoms with E-state index in [0.29, 0.717) is 13.0 Å². The fraction of sp³-hybridized carbons (Fsp3) is 0.333. The summed E-state index contributed by atoms with van der Waals surface area (Å²) in [6.07, 6.45) is 4.41. The van der Waals surface area contributed by atoms with Crippen molar-refractivity contribution in [2.75, 3.05) is 20.6 Å². The van der Waals surface area contributed by atoms with Gasteiger partial charge < -0.3 is 15.2 Å². The summed E-state index contributed by atoms with van der Waals surface area (Å²) in [5.41, 5.74) is 4.56. The van der Waals surface area contributed by atoms with Crippen LogP contribution >= 0.6 is 0 Å². The third-order valence-electron chi connectivity index (χ3n) is 5.67. The zero-order chi connectivity index (χ0) is 21.1. The van der Waals surface area contributed by atoms with Gasteiger partial charge in [0.15, 0.2) is 0 Å². The van der Waals surface area contributed by atoms with Gasteiger partial charge in [0.05, 0.1) is 6.54 Å². The lowest BCUT2D eigenvalue weighted by atomic mass is 10.0. The van der Waals surface area contributed by atoms with E-state index < -0.39 is 6.04 Å². The Kier molecular flexibility index (Phi) is 5.86. The second-order valence-corrected chi connectivity index (χ2v) is 8.20. The van der Waals surface area contributed by atoms with Crippen molar-refractivity contribution in [3.8, 4) is 0 Å². The molecule has 6 nitrogen and oxygen atoms in total. The molecule has 3 amide bonds. The molecule has 6 heteroatoms. The Bertz CT molecular complexity index is 1040. The van der Waals surface area contributed by atoms with E-state index in [0.717, 1.165) is 30.5 Å². The third-order valence-corrected chi connectivity index (χ3v) is 5.67. The van der Waals surface area contributed by atoms with E-state index in [-0.39, 0.29) is 11.9 Å². The van der Waals surface area contributed by atoms with Crippen LogP contribution in [0.2, 0.25) is 0 Å². The number of hydrogen-bond donors (Lipinski definition) is 2. The van der Waals surface area contributed by atoms with Crippen LogP contribution in [-0.4, -0.2) is 53.4 Å². The summed E-state index contributed by atoms with van der Waals surface area (Å²) >= 11 is 0. The van der Waals surface area contributed by atoms with Crippen LogP contribution in [0, 0.1) is 0 Å². The van der Waals surface area contributed by atoms with Crippen LogP contribution < -0.4 is 5.32 Å². The highest BCUT2D eigenvalue weighted by Gasteiger charge is 2.37. The maximum atomic E-state index is 12.7. The number of H-pyrrole nitrogens is 1. The molecule has 3 aromatic rings. The van der Waals surface area contributed by atoms with Gasteiger partial charge in [-0.2, -0.15) is 0 Å². The van der Waals surface area contributed by atoms with E-state index in [9.17, 15) is 9.59 Å². The number of likely N-dealkylation sites (N-methyl/N-ethyl adjacent to an activating group) is 1. The molecule has 2 aromatic carbocycles. The van der Waals surface area contributed by atoms with Gasteiger partial charge in [0.25, 0.3) is 5.91 Å². The number of nitrogens with one attached hydrogen (secondary N) is 2. The maximum Gasteiger partial charge on any atom is 0.325 e. The Morgan fingerprint density at radius 1 is 1.00 bits per heavy atom. The quantitative estimate of drug-likeness (QED) is 0.566. The molecule has 1 saturated heterocycles. The van der Waals surface area contributed by atoms with Crippen molar-refractivity contribution in [1.29, 1.82) is 0 Å². The van der Waals surface area contributed by atoms with Crippen molar-refractivity contribution in [1.82, 2.24) is 20.1 Å². The molecule has 1 atom stereocenters. The second kappa shape index (κ2) is 8.71. The summed E-state index contributed by atoms with van der Waals surface area (Å²) in [7, 11) is 4.16. The molecule has 1 aliphatic heterocycles. The molecule has 1 fully saturated rings. The van der Waals surface area contributed by atoms with Crippen LogP contribution in [0.15, 0.2) is 54.7 Å². The smallest absolute Gasteiger partial charge is 0.325 e. The van der Waals surface area contributed by atoms with Gasteiger partial charge >= 0.3 is 6.03 Å². The zero-order valence-electron chi connectivity index (χ0n) is 17.5. The van der Waals surface area contributed by atoms with E-state index in [1.807, 2.05) is 30.3 Å². The highest BCUT2D eigenvalue weighted by molar-refractivity contribution is 6.04. The number of nitrogens with zero attached hydrogens (tertiary/aromatic N) is 2. The van der Waals surface area contributed by atoms with Crippen LogP contribution in [0.1, 0.15) is 23.1 Å². The van der Waals surface area contributed by atoms with Gasteiger partial charge in [-0.05, 0) is 62.2 Å². The first-order valence-electron chi connectivity index (χ1n) is 10.4. The fourth-order valence-electron chi connectivity index (χ4n) is 3.93. The highest BCUT2D eigenvalue weighted by Crippen LogP contribution is 2.22. The molecule has 30 heavy (non-hydrogen) atoms. The van der Waals surface area contributed by atoms with E-state index in [4.69, 9.17) is 0 Å². The van der Waals surface area contributed by atoms with Crippen molar-refractivity contribution in [3.05, 3.63) is 71.4 Å². The predicted octanol–water partition coefficient (Wildman–Crippen LogP) is 3.33. The van der Waals surface area contributed by atoms with Crippen molar-refractivity contribution < 1.29 is 9.59 Å². The number of carbonyl (C=O) groups is 2. The number of amides is 3. The molecule has 0 bridgehead atoms. The lowest BCUT2D eigenvalue weighted by molar-refractivity contribution is -0.128. The van der Waals surface area contributed by atoms with Crippen LogP contribution in [-0.2, 0) is 24.2 Å². The SMILES string of the molecule is CN(C)CCc1c[nH]c2ccc(CCC3NC(=O)N(Cc4ccccc4)C3=O)cc12.